The van der Waals surface area contributed by atoms with Gasteiger partial charge in [0.1, 0.15) is 0 Å². The van der Waals surface area contributed by atoms with Crippen LogP contribution in [0.4, 0.5) is 5.13 Å². The highest BCUT2D eigenvalue weighted by Gasteiger charge is 2.11. The molecule has 2 nitrogen and oxygen atoms in total. The first-order valence-electron chi connectivity index (χ1n) is 6.64. The molecule has 1 aromatic heterocycles. The molecule has 1 heterocycles. The average molecular weight is 303 g/mol. The zero-order valence-corrected chi connectivity index (χ0v) is 12.7. The van der Waals surface area contributed by atoms with Crippen LogP contribution in [0.1, 0.15) is 24.9 Å². The lowest BCUT2D eigenvalue weighted by molar-refractivity contribution is 0.748. The standard InChI is InChI=1S/C16H15ClN2S/c1-2-13(11-6-4-3-5-7-11)18-16-19-14-10-12(17)8-9-15(14)20-16/h3-10,13H,2H2,1H3,(H,18,19). The van der Waals surface area contributed by atoms with Crippen molar-refractivity contribution in [3.8, 4) is 0 Å². The summed E-state index contributed by atoms with van der Waals surface area (Å²) in [5.41, 5.74) is 2.24. The highest BCUT2D eigenvalue weighted by molar-refractivity contribution is 7.22. The molecule has 2 aromatic carbocycles. The summed E-state index contributed by atoms with van der Waals surface area (Å²) in [6.07, 6.45) is 1.01. The van der Waals surface area contributed by atoms with E-state index in [0.29, 0.717) is 0 Å². The number of rotatable bonds is 4. The van der Waals surface area contributed by atoms with Crippen LogP contribution in [0.5, 0.6) is 0 Å². The van der Waals surface area contributed by atoms with E-state index >= 15 is 0 Å². The lowest BCUT2D eigenvalue weighted by Gasteiger charge is -2.16. The van der Waals surface area contributed by atoms with Crippen LogP contribution in [0.2, 0.25) is 5.02 Å². The predicted molar refractivity (Wildman–Crippen MR) is 87.7 cm³/mol. The largest absolute Gasteiger partial charge is 0.355 e. The molecule has 0 spiro atoms. The van der Waals surface area contributed by atoms with Gasteiger partial charge < -0.3 is 5.32 Å². The summed E-state index contributed by atoms with van der Waals surface area (Å²) in [4.78, 5) is 4.61. The zero-order valence-electron chi connectivity index (χ0n) is 11.1. The van der Waals surface area contributed by atoms with Gasteiger partial charge in [-0.2, -0.15) is 0 Å². The van der Waals surface area contributed by atoms with E-state index < -0.39 is 0 Å². The van der Waals surface area contributed by atoms with Crippen LogP contribution in [-0.2, 0) is 0 Å². The van der Waals surface area contributed by atoms with Crippen molar-refractivity contribution in [1.82, 2.24) is 4.98 Å². The fourth-order valence-electron chi connectivity index (χ4n) is 2.22. The minimum absolute atomic E-state index is 0.284. The van der Waals surface area contributed by atoms with Gasteiger partial charge in [-0.05, 0) is 30.2 Å². The first kappa shape index (κ1) is 13.4. The van der Waals surface area contributed by atoms with E-state index in [2.05, 4.69) is 41.5 Å². The number of aromatic nitrogens is 1. The lowest BCUT2D eigenvalue weighted by Crippen LogP contribution is -2.09. The molecule has 0 fully saturated rings. The zero-order chi connectivity index (χ0) is 13.9. The van der Waals surface area contributed by atoms with Gasteiger partial charge in [0.2, 0.25) is 0 Å². The van der Waals surface area contributed by atoms with Crippen LogP contribution in [0.3, 0.4) is 0 Å². The van der Waals surface area contributed by atoms with Crippen LogP contribution >= 0.6 is 22.9 Å². The van der Waals surface area contributed by atoms with E-state index in [4.69, 9.17) is 11.6 Å². The fourth-order valence-corrected chi connectivity index (χ4v) is 3.28. The third-order valence-corrected chi connectivity index (χ3v) is 4.46. The van der Waals surface area contributed by atoms with Crippen molar-refractivity contribution < 1.29 is 0 Å². The predicted octanol–water partition coefficient (Wildman–Crippen LogP) is 5.51. The number of anilines is 1. The summed E-state index contributed by atoms with van der Waals surface area (Å²) in [5.74, 6) is 0. The van der Waals surface area contributed by atoms with E-state index in [1.165, 1.54) is 5.56 Å². The second kappa shape index (κ2) is 5.81. The van der Waals surface area contributed by atoms with Crippen molar-refractivity contribution in [1.29, 1.82) is 0 Å². The molecule has 1 unspecified atom stereocenters. The smallest absolute Gasteiger partial charge is 0.184 e. The topological polar surface area (TPSA) is 24.9 Å². The normalized spacial score (nSPS) is 12.5. The number of benzene rings is 2. The van der Waals surface area contributed by atoms with Crippen LogP contribution in [0.15, 0.2) is 48.5 Å². The molecular weight excluding hydrogens is 288 g/mol. The van der Waals surface area contributed by atoms with Gasteiger partial charge in [-0.15, -0.1) is 0 Å². The van der Waals surface area contributed by atoms with E-state index in [-0.39, 0.29) is 6.04 Å². The maximum Gasteiger partial charge on any atom is 0.184 e. The minimum Gasteiger partial charge on any atom is -0.355 e. The van der Waals surface area contributed by atoms with Crippen molar-refractivity contribution in [2.45, 2.75) is 19.4 Å². The van der Waals surface area contributed by atoms with Crippen molar-refractivity contribution in [3.05, 3.63) is 59.1 Å². The molecule has 102 valence electrons. The Bertz CT molecular complexity index is 709. The Kier molecular flexibility index (Phi) is 3.90. The van der Waals surface area contributed by atoms with Crippen LogP contribution < -0.4 is 5.32 Å². The molecular formula is C16H15ClN2S. The molecule has 3 aromatic rings. The number of halogens is 1. The fraction of sp³-hybridized carbons (Fsp3) is 0.188. The van der Waals surface area contributed by atoms with Gasteiger partial charge in [0.15, 0.2) is 5.13 Å². The maximum atomic E-state index is 6.00. The van der Waals surface area contributed by atoms with Gasteiger partial charge in [-0.3, -0.25) is 0 Å². The number of hydrogen-bond donors (Lipinski definition) is 1. The Hall–Kier alpha value is -1.58. The molecule has 4 heteroatoms. The van der Waals surface area contributed by atoms with Gasteiger partial charge in [0.05, 0.1) is 16.3 Å². The summed E-state index contributed by atoms with van der Waals surface area (Å²) < 4.78 is 1.15. The molecule has 0 aliphatic rings. The van der Waals surface area contributed by atoms with Crippen molar-refractivity contribution in [2.75, 3.05) is 5.32 Å². The van der Waals surface area contributed by atoms with Gasteiger partial charge >= 0.3 is 0 Å². The number of thiazole rings is 1. The quantitative estimate of drug-likeness (QED) is 0.687. The maximum absolute atomic E-state index is 6.00. The Labute approximate surface area is 127 Å². The Morgan fingerprint density at radius 3 is 2.75 bits per heavy atom. The molecule has 0 aliphatic carbocycles. The van der Waals surface area contributed by atoms with Gasteiger partial charge in [0, 0.05) is 5.02 Å². The SMILES string of the molecule is CCC(Nc1nc2cc(Cl)ccc2s1)c1ccccc1. The summed E-state index contributed by atoms with van der Waals surface area (Å²) in [7, 11) is 0. The Morgan fingerprint density at radius 2 is 2.00 bits per heavy atom. The monoisotopic (exact) mass is 302 g/mol. The molecule has 1 atom stereocenters. The van der Waals surface area contributed by atoms with Crippen LogP contribution in [-0.4, -0.2) is 4.98 Å². The van der Waals surface area contributed by atoms with Crippen molar-refractivity contribution in [2.24, 2.45) is 0 Å². The number of nitrogens with one attached hydrogen (secondary N) is 1. The molecule has 20 heavy (non-hydrogen) atoms. The molecule has 0 saturated carbocycles. The molecule has 0 amide bonds. The number of hydrogen-bond acceptors (Lipinski definition) is 3. The molecule has 0 saturated heterocycles. The van der Waals surface area contributed by atoms with Crippen molar-refractivity contribution in [3.63, 3.8) is 0 Å². The highest BCUT2D eigenvalue weighted by Crippen LogP contribution is 2.31. The van der Waals surface area contributed by atoms with E-state index in [9.17, 15) is 0 Å². The summed E-state index contributed by atoms with van der Waals surface area (Å²) in [6.45, 7) is 2.18. The average Bonchev–Trinajstić information content (AvgIpc) is 2.87. The van der Waals surface area contributed by atoms with Gasteiger partial charge in [-0.25, -0.2) is 4.98 Å². The van der Waals surface area contributed by atoms with Crippen LogP contribution in [0.25, 0.3) is 10.2 Å². The minimum atomic E-state index is 0.284. The molecule has 1 N–H and O–H groups in total. The second-order valence-corrected chi connectivity index (χ2v) is 6.11. The molecule has 3 rings (SSSR count). The van der Waals surface area contributed by atoms with E-state index in [0.717, 1.165) is 26.8 Å². The van der Waals surface area contributed by atoms with Gasteiger partial charge in [0.25, 0.3) is 0 Å². The molecule has 0 radical (unpaired) electrons. The Balaban J connectivity index is 1.87. The third-order valence-electron chi connectivity index (χ3n) is 3.26. The number of nitrogens with zero attached hydrogens (tertiary/aromatic N) is 1. The molecule has 0 aliphatic heterocycles. The summed E-state index contributed by atoms with van der Waals surface area (Å²) in [5, 5.41) is 5.19. The lowest BCUT2D eigenvalue weighted by atomic mass is 10.1. The second-order valence-electron chi connectivity index (χ2n) is 4.65. The first-order chi connectivity index (χ1) is 9.76. The van der Waals surface area contributed by atoms with E-state index in [1.54, 1.807) is 11.3 Å². The third kappa shape index (κ3) is 2.79. The van der Waals surface area contributed by atoms with Crippen LogP contribution in [0, 0.1) is 0 Å². The Morgan fingerprint density at radius 1 is 1.20 bits per heavy atom. The molecule has 0 bridgehead atoms. The summed E-state index contributed by atoms with van der Waals surface area (Å²) >= 11 is 7.66. The van der Waals surface area contributed by atoms with Crippen molar-refractivity contribution >= 4 is 38.3 Å². The summed E-state index contributed by atoms with van der Waals surface area (Å²) in [6, 6.07) is 16.6. The number of fused-ring (bicyclic) bond motifs is 1. The van der Waals surface area contributed by atoms with E-state index in [1.807, 2.05) is 24.3 Å². The first-order valence-corrected chi connectivity index (χ1v) is 7.83. The highest BCUT2D eigenvalue weighted by atomic mass is 35.5. The van der Waals surface area contributed by atoms with Gasteiger partial charge in [-0.1, -0.05) is 60.2 Å².